The van der Waals surface area contributed by atoms with Crippen LogP contribution >= 0.6 is 28.1 Å². The molecule has 112 valence electrons. The van der Waals surface area contributed by atoms with Gasteiger partial charge in [-0.15, -0.1) is 0 Å². The number of ether oxygens (including phenoxy) is 2. The standard InChI is InChI=1S/C13H20BrN3O2S/c1-8(2)17-4-5-19-10(6-17)12-15-9(7-18-3)11(14)13(20)16-12/h8,10H,4-7H2,1-3H3,(H,15,16,20). The van der Waals surface area contributed by atoms with E-state index in [1.165, 1.54) is 0 Å². The minimum absolute atomic E-state index is 0.0726. The van der Waals surface area contributed by atoms with Gasteiger partial charge in [0.15, 0.2) is 0 Å². The summed E-state index contributed by atoms with van der Waals surface area (Å²) in [7, 11) is 1.65. The average molecular weight is 362 g/mol. The van der Waals surface area contributed by atoms with Gasteiger partial charge in [-0.3, -0.25) is 4.90 Å². The third-order valence-electron chi connectivity index (χ3n) is 3.38. The molecule has 0 amide bonds. The Morgan fingerprint density at radius 2 is 2.35 bits per heavy atom. The van der Waals surface area contributed by atoms with Crippen LogP contribution in [0.1, 0.15) is 31.5 Å². The van der Waals surface area contributed by atoms with Crippen molar-refractivity contribution in [2.45, 2.75) is 32.6 Å². The van der Waals surface area contributed by atoms with Gasteiger partial charge in [-0.1, -0.05) is 12.2 Å². The first kappa shape index (κ1) is 16.0. The molecule has 1 aliphatic heterocycles. The monoisotopic (exact) mass is 361 g/mol. The van der Waals surface area contributed by atoms with Crippen LogP contribution in [0.5, 0.6) is 0 Å². The number of nitrogens with zero attached hydrogens (tertiary/aromatic N) is 2. The minimum Gasteiger partial charge on any atom is -0.378 e. The third kappa shape index (κ3) is 3.65. The van der Waals surface area contributed by atoms with E-state index in [2.05, 4.69) is 44.6 Å². The molecule has 1 unspecified atom stereocenters. The lowest BCUT2D eigenvalue weighted by atomic mass is 10.2. The molecular formula is C13H20BrN3O2S. The number of hydrogen-bond acceptors (Lipinski definition) is 5. The van der Waals surface area contributed by atoms with Crippen molar-refractivity contribution in [3.8, 4) is 0 Å². The molecular weight excluding hydrogens is 342 g/mol. The Balaban J connectivity index is 2.26. The summed E-state index contributed by atoms with van der Waals surface area (Å²) in [4.78, 5) is 10.1. The van der Waals surface area contributed by atoms with E-state index in [1.807, 2.05) is 0 Å². The van der Waals surface area contributed by atoms with E-state index in [1.54, 1.807) is 7.11 Å². The number of rotatable bonds is 4. The van der Waals surface area contributed by atoms with Crippen LogP contribution in [0.3, 0.4) is 0 Å². The molecule has 1 aromatic rings. The zero-order valence-corrected chi connectivity index (χ0v) is 14.4. The molecule has 0 aromatic carbocycles. The molecule has 5 nitrogen and oxygen atoms in total. The Kier molecular flexibility index (Phi) is 5.68. The SMILES string of the molecule is COCc1[nH]c(C2CN(C(C)C)CCO2)nc(=S)c1Br. The number of nitrogens with one attached hydrogen (secondary N) is 1. The second-order valence-electron chi connectivity index (χ2n) is 5.10. The van der Waals surface area contributed by atoms with E-state index in [4.69, 9.17) is 21.7 Å². The van der Waals surface area contributed by atoms with Crippen LogP contribution in [0.15, 0.2) is 4.47 Å². The van der Waals surface area contributed by atoms with Gasteiger partial charge in [-0.05, 0) is 29.8 Å². The Morgan fingerprint density at radius 1 is 1.60 bits per heavy atom. The van der Waals surface area contributed by atoms with Crippen molar-refractivity contribution in [1.82, 2.24) is 14.9 Å². The topological polar surface area (TPSA) is 50.4 Å². The quantitative estimate of drug-likeness (QED) is 0.835. The highest BCUT2D eigenvalue weighted by atomic mass is 79.9. The maximum Gasteiger partial charge on any atom is 0.144 e. The van der Waals surface area contributed by atoms with Crippen LogP contribution in [0.2, 0.25) is 0 Å². The van der Waals surface area contributed by atoms with Crippen molar-refractivity contribution >= 4 is 28.1 Å². The van der Waals surface area contributed by atoms with E-state index >= 15 is 0 Å². The Labute approximate surface area is 132 Å². The van der Waals surface area contributed by atoms with Gasteiger partial charge in [0.2, 0.25) is 0 Å². The molecule has 2 rings (SSSR count). The lowest BCUT2D eigenvalue weighted by Gasteiger charge is -2.35. The zero-order valence-electron chi connectivity index (χ0n) is 12.0. The molecule has 0 saturated carbocycles. The largest absolute Gasteiger partial charge is 0.378 e. The molecule has 7 heteroatoms. The van der Waals surface area contributed by atoms with Gasteiger partial charge in [0, 0.05) is 26.2 Å². The Bertz CT molecular complexity index is 521. The molecule has 0 bridgehead atoms. The third-order valence-corrected chi connectivity index (χ3v) is 4.79. The van der Waals surface area contributed by atoms with Crippen LogP contribution < -0.4 is 0 Å². The molecule has 0 spiro atoms. The molecule has 1 fully saturated rings. The first-order chi connectivity index (χ1) is 9.52. The first-order valence-electron chi connectivity index (χ1n) is 6.66. The number of hydrogen-bond donors (Lipinski definition) is 1. The molecule has 1 aromatic heterocycles. The van der Waals surface area contributed by atoms with E-state index < -0.39 is 0 Å². The summed E-state index contributed by atoms with van der Waals surface area (Å²) < 4.78 is 12.3. The van der Waals surface area contributed by atoms with Gasteiger partial charge in [-0.25, -0.2) is 4.98 Å². The molecule has 0 aliphatic carbocycles. The van der Waals surface area contributed by atoms with Crippen molar-refractivity contribution in [1.29, 1.82) is 0 Å². The fourth-order valence-electron chi connectivity index (χ4n) is 2.22. The normalized spacial score (nSPS) is 20.6. The summed E-state index contributed by atoms with van der Waals surface area (Å²) in [5.41, 5.74) is 0.896. The van der Waals surface area contributed by atoms with Crippen LogP contribution in [-0.2, 0) is 16.1 Å². The number of H-pyrrole nitrogens is 1. The highest BCUT2D eigenvalue weighted by Crippen LogP contribution is 2.24. The molecule has 1 saturated heterocycles. The fourth-order valence-corrected chi connectivity index (χ4v) is 2.75. The van der Waals surface area contributed by atoms with Crippen LogP contribution in [-0.4, -0.2) is 47.7 Å². The van der Waals surface area contributed by atoms with E-state index in [9.17, 15) is 0 Å². The smallest absolute Gasteiger partial charge is 0.144 e. The highest BCUT2D eigenvalue weighted by molar-refractivity contribution is 9.10. The van der Waals surface area contributed by atoms with Crippen molar-refractivity contribution in [2.75, 3.05) is 26.8 Å². The molecule has 1 atom stereocenters. The van der Waals surface area contributed by atoms with Gasteiger partial charge in [0.05, 0.1) is 23.4 Å². The Morgan fingerprint density at radius 3 is 3.00 bits per heavy atom. The number of morpholine rings is 1. The van der Waals surface area contributed by atoms with Crippen LogP contribution in [0.4, 0.5) is 0 Å². The van der Waals surface area contributed by atoms with Gasteiger partial charge in [-0.2, -0.15) is 0 Å². The molecule has 0 radical (unpaired) electrons. The van der Waals surface area contributed by atoms with Crippen LogP contribution in [0.25, 0.3) is 0 Å². The zero-order chi connectivity index (χ0) is 14.7. The number of aromatic nitrogens is 2. The lowest BCUT2D eigenvalue weighted by molar-refractivity contribution is -0.0445. The van der Waals surface area contributed by atoms with E-state index in [-0.39, 0.29) is 6.10 Å². The van der Waals surface area contributed by atoms with Gasteiger partial charge < -0.3 is 14.5 Å². The minimum atomic E-state index is -0.0726. The fraction of sp³-hybridized carbons (Fsp3) is 0.692. The average Bonchev–Trinajstić information content (AvgIpc) is 2.44. The van der Waals surface area contributed by atoms with Crippen molar-refractivity contribution in [3.63, 3.8) is 0 Å². The number of halogens is 1. The number of aromatic amines is 1. The first-order valence-corrected chi connectivity index (χ1v) is 7.86. The van der Waals surface area contributed by atoms with Gasteiger partial charge >= 0.3 is 0 Å². The maximum absolute atomic E-state index is 5.83. The highest BCUT2D eigenvalue weighted by Gasteiger charge is 2.25. The van der Waals surface area contributed by atoms with Crippen molar-refractivity contribution in [3.05, 3.63) is 20.6 Å². The maximum atomic E-state index is 5.83. The summed E-state index contributed by atoms with van der Waals surface area (Å²) in [6.45, 7) is 7.33. The molecule has 20 heavy (non-hydrogen) atoms. The summed E-state index contributed by atoms with van der Waals surface area (Å²) in [6.07, 6.45) is -0.0726. The molecule has 1 N–H and O–H groups in total. The van der Waals surface area contributed by atoms with Crippen molar-refractivity contribution < 1.29 is 9.47 Å². The lowest BCUT2D eigenvalue weighted by Crippen LogP contribution is -2.42. The molecule has 2 heterocycles. The van der Waals surface area contributed by atoms with Crippen LogP contribution in [0, 0.1) is 4.64 Å². The predicted molar refractivity (Wildman–Crippen MR) is 83.2 cm³/mol. The van der Waals surface area contributed by atoms with Crippen molar-refractivity contribution in [2.24, 2.45) is 0 Å². The van der Waals surface area contributed by atoms with Gasteiger partial charge in [0.1, 0.15) is 16.6 Å². The second kappa shape index (κ2) is 7.09. The molecule has 1 aliphatic rings. The van der Waals surface area contributed by atoms with E-state index in [0.29, 0.717) is 23.9 Å². The number of methoxy groups -OCH3 is 1. The van der Waals surface area contributed by atoms with E-state index in [0.717, 1.165) is 29.1 Å². The van der Waals surface area contributed by atoms with Gasteiger partial charge in [0.25, 0.3) is 0 Å². The predicted octanol–water partition coefficient (Wildman–Crippen LogP) is 2.83. The summed E-state index contributed by atoms with van der Waals surface area (Å²) in [5, 5.41) is 0. The second-order valence-corrected chi connectivity index (χ2v) is 6.28. The summed E-state index contributed by atoms with van der Waals surface area (Å²) in [5.74, 6) is 0.774. The summed E-state index contributed by atoms with van der Waals surface area (Å²) in [6, 6.07) is 0.498. The Hall–Kier alpha value is -0.340. The summed E-state index contributed by atoms with van der Waals surface area (Å²) >= 11 is 8.74.